The van der Waals surface area contributed by atoms with Crippen LogP contribution in [-0.2, 0) is 26.1 Å². The van der Waals surface area contributed by atoms with Gasteiger partial charge in [-0.2, -0.15) is 4.31 Å². The predicted molar refractivity (Wildman–Crippen MR) is 139 cm³/mol. The minimum Gasteiger partial charge on any atom is -0.379 e. The van der Waals surface area contributed by atoms with Crippen molar-refractivity contribution >= 4 is 32.7 Å². The summed E-state index contributed by atoms with van der Waals surface area (Å²) in [5.74, 6) is 0.782. The molecule has 2 aliphatic heterocycles. The highest BCUT2D eigenvalue weighted by molar-refractivity contribution is 7.89. The smallest absolute Gasteiger partial charge is 0.243 e. The number of fused-ring (bicyclic) bond motifs is 1. The van der Waals surface area contributed by atoms with E-state index < -0.39 is 10.0 Å². The number of carbonyl (C=O) groups excluding carboxylic acids is 1. The Labute approximate surface area is 212 Å². The number of hydrogen-bond donors (Lipinski definition) is 1. The van der Waals surface area contributed by atoms with Gasteiger partial charge in [0.25, 0.3) is 0 Å². The van der Waals surface area contributed by atoms with E-state index in [-0.39, 0.29) is 16.7 Å². The number of aromatic nitrogens is 1. The van der Waals surface area contributed by atoms with Crippen molar-refractivity contribution < 1.29 is 17.9 Å². The maximum Gasteiger partial charge on any atom is 0.243 e. The summed E-state index contributed by atoms with van der Waals surface area (Å²) in [7, 11) is -3.56. The summed E-state index contributed by atoms with van der Waals surface area (Å²) in [6.45, 7) is 5.59. The quantitative estimate of drug-likeness (QED) is 0.550. The Balaban J connectivity index is 1.27. The van der Waals surface area contributed by atoms with Gasteiger partial charge in [-0.05, 0) is 55.7 Å². The number of benzene rings is 2. The lowest BCUT2D eigenvalue weighted by Crippen LogP contribution is -2.43. The van der Waals surface area contributed by atoms with E-state index in [0.29, 0.717) is 39.4 Å². The van der Waals surface area contributed by atoms with Crippen LogP contribution < -0.4 is 10.2 Å². The Morgan fingerprint density at radius 3 is 2.72 bits per heavy atom. The summed E-state index contributed by atoms with van der Waals surface area (Å²) in [6.07, 6.45) is 1.77. The van der Waals surface area contributed by atoms with E-state index in [2.05, 4.69) is 16.3 Å². The topological polar surface area (TPSA) is 91.8 Å². The largest absolute Gasteiger partial charge is 0.379 e. The van der Waals surface area contributed by atoms with Gasteiger partial charge in [0.2, 0.25) is 15.9 Å². The van der Waals surface area contributed by atoms with Crippen molar-refractivity contribution in [3.8, 4) is 0 Å². The van der Waals surface area contributed by atoms with Crippen molar-refractivity contribution in [2.45, 2.75) is 31.2 Å². The predicted octanol–water partition coefficient (Wildman–Crippen LogP) is 3.10. The molecule has 9 heteroatoms. The van der Waals surface area contributed by atoms with Gasteiger partial charge in [0, 0.05) is 38.1 Å². The Bertz CT molecular complexity index is 1350. The Morgan fingerprint density at radius 2 is 1.92 bits per heavy atom. The molecular formula is C27H32N4O4S. The number of pyridine rings is 1. The first-order valence-electron chi connectivity index (χ1n) is 12.5. The molecule has 8 nitrogen and oxygen atoms in total. The van der Waals surface area contributed by atoms with E-state index >= 15 is 0 Å². The minimum absolute atomic E-state index is 0.0694. The molecule has 36 heavy (non-hydrogen) atoms. The number of nitrogens with zero attached hydrogens (tertiary/aromatic N) is 3. The lowest BCUT2D eigenvalue weighted by Gasteiger charge is -2.33. The highest BCUT2D eigenvalue weighted by Crippen LogP contribution is 2.27. The van der Waals surface area contributed by atoms with Gasteiger partial charge in [0.1, 0.15) is 5.82 Å². The number of ether oxygens (including phenoxy) is 1. The molecule has 1 atom stereocenters. The fraction of sp³-hybridized carbons (Fsp3) is 0.407. The number of nitrogens with one attached hydrogen (secondary N) is 1. The second-order valence-corrected chi connectivity index (χ2v) is 11.5. The van der Waals surface area contributed by atoms with Crippen LogP contribution in [0.2, 0.25) is 0 Å². The number of rotatable bonds is 6. The van der Waals surface area contributed by atoms with E-state index in [4.69, 9.17) is 9.72 Å². The monoisotopic (exact) mass is 508 g/mol. The van der Waals surface area contributed by atoms with Crippen LogP contribution in [0.15, 0.2) is 59.5 Å². The molecule has 5 rings (SSSR count). The number of amides is 1. The fourth-order valence-electron chi connectivity index (χ4n) is 4.92. The van der Waals surface area contributed by atoms with Gasteiger partial charge in [-0.25, -0.2) is 13.4 Å². The van der Waals surface area contributed by atoms with Crippen LogP contribution >= 0.6 is 0 Å². The van der Waals surface area contributed by atoms with Gasteiger partial charge in [-0.3, -0.25) is 4.79 Å². The number of piperidine rings is 1. The summed E-state index contributed by atoms with van der Waals surface area (Å²) in [5.41, 5.74) is 3.01. The molecule has 1 unspecified atom stereocenters. The van der Waals surface area contributed by atoms with Crippen molar-refractivity contribution in [1.29, 1.82) is 0 Å². The summed E-state index contributed by atoms with van der Waals surface area (Å²) >= 11 is 0. The molecule has 2 saturated heterocycles. The molecule has 190 valence electrons. The Morgan fingerprint density at radius 1 is 1.08 bits per heavy atom. The zero-order valence-electron chi connectivity index (χ0n) is 20.5. The summed E-state index contributed by atoms with van der Waals surface area (Å²) in [6, 6.07) is 17.1. The van der Waals surface area contributed by atoms with Gasteiger partial charge >= 0.3 is 0 Å². The average molecular weight is 509 g/mol. The van der Waals surface area contributed by atoms with Crippen molar-refractivity contribution in [1.82, 2.24) is 14.6 Å². The summed E-state index contributed by atoms with van der Waals surface area (Å²) in [5, 5.41) is 3.87. The summed E-state index contributed by atoms with van der Waals surface area (Å²) in [4.78, 5) is 20.1. The number of anilines is 1. The third-order valence-corrected chi connectivity index (χ3v) is 8.81. The van der Waals surface area contributed by atoms with Crippen LogP contribution in [0.4, 0.5) is 5.82 Å². The SMILES string of the molecule is Cc1cccc(CNC(=O)C2CCCN(c3ccc4cc(S(=O)(=O)N5CCOCC5)ccc4n3)C2)c1. The van der Waals surface area contributed by atoms with Gasteiger partial charge < -0.3 is 15.0 Å². The van der Waals surface area contributed by atoms with E-state index in [9.17, 15) is 13.2 Å². The molecule has 2 aromatic carbocycles. The molecule has 1 aromatic heterocycles. The van der Waals surface area contributed by atoms with Crippen LogP contribution in [0.5, 0.6) is 0 Å². The van der Waals surface area contributed by atoms with Crippen molar-refractivity contribution in [2.75, 3.05) is 44.3 Å². The minimum atomic E-state index is -3.56. The van der Waals surface area contributed by atoms with Crippen molar-refractivity contribution in [3.63, 3.8) is 0 Å². The third-order valence-electron chi connectivity index (χ3n) is 6.92. The maximum absolute atomic E-state index is 13.0. The molecule has 2 aliphatic rings. The van der Waals surface area contributed by atoms with Crippen molar-refractivity contribution in [2.24, 2.45) is 5.92 Å². The first-order chi connectivity index (χ1) is 17.4. The van der Waals surface area contributed by atoms with Gasteiger partial charge in [0.05, 0.1) is 29.5 Å². The van der Waals surface area contributed by atoms with Gasteiger partial charge in [0.15, 0.2) is 0 Å². The normalized spacial score (nSPS) is 19.4. The maximum atomic E-state index is 13.0. The first kappa shape index (κ1) is 24.7. The van der Waals surface area contributed by atoms with E-state index in [1.165, 1.54) is 9.87 Å². The lowest BCUT2D eigenvalue weighted by atomic mass is 9.97. The second-order valence-electron chi connectivity index (χ2n) is 9.53. The third kappa shape index (κ3) is 5.38. The standard InChI is InChI=1S/C27H32N4O4S/c1-20-4-2-5-21(16-20)18-28-27(32)23-6-3-11-30(19-23)26-10-7-22-17-24(8-9-25(22)29-26)36(33,34)31-12-14-35-15-13-31/h2,4-5,7-10,16-17,23H,3,6,11-15,18-19H2,1H3,(H,28,32). The first-order valence-corrected chi connectivity index (χ1v) is 13.9. The Hall–Kier alpha value is -3.01. The Kier molecular flexibility index (Phi) is 7.22. The molecule has 0 saturated carbocycles. The molecule has 1 amide bonds. The second kappa shape index (κ2) is 10.5. The van der Waals surface area contributed by atoms with Crippen LogP contribution in [0.25, 0.3) is 10.9 Å². The van der Waals surface area contributed by atoms with Gasteiger partial charge in [-0.15, -0.1) is 0 Å². The van der Waals surface area contributed by atoms with Crippen LogP contribution in [0.3, 0.4) is 0 Å². The number of sulfonamides is 1. The highest BCUT2D eigenvalue weighted by atomic mass is 32.2. The highest BCUT2D eigenvalue weighted by Gasteiger charge is 2.28. The van der Waals surface area contributed by atoms with E-state index in [1.54, 1.807) is 18.2 Å². The molecule has 0 bridgehead atoms. The van der Waals surface area contributed by atoms with E-state index in [0.717, 1.165) is 41.7 Å². The van der Waals surface area contributed by atoms with Crippen LogP contribution in [0, 0.1) is 12.8 Å². The summed E-state index contributed by atoms with van der Waals surface area (Å²) < 4.78 is 32.8. The zero-order valence-corrected chi connectivity index (χ0v) is 21.3. The number of carbonyl (C=O) groups is 1. The van der Waals surface area contributed by atoms with Crippen LogP contribution in [-0.4, -0.2) is 63.0 Å². The molecule has 1 N–H and O–H groups in total. The van der Waals surface area contributed by atoms with E-state index in [1.807, 2.05) is 37.3 Å². The lowest BCUT2D eigenvalue weighted by molar-refractivity contribution is -0.125. The van der Waals surface area contributed by atoms with Crippen LogP contribution in [0.1, 0.15) is 24.0 Å². The molecule has 0 aliphatic carbocycles. The number of hydrogen-bond acceptors (Lipinski definition) is 6. The molecule has 2 fully saturated rings. The molecule has 0 radical (unpaired) electrons. The zero-order chi connectivity index (χ0) is 25.1. The molecular weight excluding hydrogens is 476 g/mol. The number of aryl methyl sites for hydroxylation is 1. The molecule has 0 spiro atoms. The van der Waals surface area contributed by atoms with Gasteiger partial charge in [-0.1, -0.05) is 29.8 Å². The average Bonchev–Trinajstić information content (AvgIpc) is 2.91. The molecule has 3 aromatic rings. The fourth-order valence-corrected chi connectivity index (χ4v) is 6.36. The molecule has 3 heterocycles. The number of morpholine rings is 1. The van der Waals surface area contributed by atoms with Crippen molar-refractivity contribution in [3.05, 3.63) is 65.7 Å².